The zero-order chi connectivity index (χ0) is 11.3. The van der Waals surface area contributed by atoms with Gasteiger partial charge in [-0.3, -0.25) is 4.79 Å². The van der Waals surface area contributed by atoms with Gasteiger partial charge in [0.05, 0.1) is 12.5 Å². The van der Waals surface area contributed by atoms with E-state index in [1.54, 1.807) is 19.1 Å². The summed E-state index contributed by atoms with van der Waals surface area (Å²) < 4.78 is 12.9. The maximum absolute atomic E-state index is 12.9. The van der Waals surface area contributed by atoms with E-state index in [1.807, 2.05) is 0 Å². The van der Waals surface area contributed by atoms with Crippen LogP contribution in [0.1, 0.15) is 18.4 Å². The molecule has 4 heteroatoms. The summed E-state index contributed by atoms with van der Waals surface area (Å²) in [6.45, 7) is 1.82. The lowest BCUT2D eigenvalue weighted by atomic mass is 10.0. The molecule has 0 spiro atoms. The van der Waals surface area contributed by atoms with Crippen molar-refractivity contribution in [1.82, 2.24) is 5.32 Å². The number of benzene rings is 1. The Morgan fingerprint density at radius 3 is 2.93 bits per heavy atom. The van der Waals surface area contributed by atoms with Gasteiger partial charge >= 0.3 is 0 Å². The van der Waals surface area contributed by atoms with E-state index in [0.717, 1.165) is 0 Å². The van der Waals surface area contributed by atoms with Crippen molar-refractivity contribution in [2.45, 2.75) is 12.8 Å². The Hall–Kier alpha value is -1.42. The Balaban J connectivity index is 2.67. The Morgan fingerprint density at radius 1 is 1.60 bits per heavy atom. The van der Waals surface area contributed by atoms with E-state index < -0.39 is 5.92 Å². The van der Waals surface area contributed by atoms with E-state index in [2.05, 4.69) is 5.32 Å². The van der Waals surface area contributed by atoms with Crippen molar-refractivity contribution in [2.24, 2.45) is 0 Å². The molecule has 1 amide bonds. The van der Waals surface area contributed by atoms with Crippen molar-refractivity contribution in [3.63, 3.8) is 0 Å². The topological polar surface area (TPSA) is 49.3 Å². The fourth-order valence-electron chi connectivity index (χ4n) is 1.26. The minimum atomic E-state index is -0.410. The zero-order valence-electron chi connectivity index (χ0n) is 8.53. The van der Waals surface area contributed by atoms with E-state index in [1.165, 1.54) is 12.1 Å². The Bertz CT molecular complexity index is 341. The first kappa shape index (κ1) is 11.7. The number of rotatable bonds is 4. The van der Waals surface area contributed by atoms with Gasteiger partial charge in [0, 0.05) is 6.54 Å². The van der Waals surface area contributed by atoms with Crippen LogP contribution in [0.3, 0.4) is 0 Å². The van der Waals surface area contributed by atoms with Gasteiger partial charge in [-0.1, -0.05) is 12.1 Å². The second-order valence-corrected chi connectivity index (χ2v) is 3.29. The molecule has 0 aliphatic carbocycles. The molecule has 15 heavy (non-hydrogen) atoms. The number of amides is 1. The summed E-state index contributed by atoms with van der Waals surface area (Å²) in [5.41, 5.74) is 0.630. The lowest BCUT2D eigenvalue weighted by Gasteiger charge is -2.11. The van der Waals surface area contributed by atoms with Crippen LogP contribution in [0.5, 0.6) is 0 Å². The maximum Gasteiger partial charge on any atom is 0.227 e. The molecule has 2 N–H and O–H groups in total. The molecule has 0 saturated carbocycles. The minimum Gasteiger partial charge on any atom is -0.395 e. The summed E-state index contributed by atoms with van der Waals surface area (Å²) in [7, 11) is 0. The number of aliphatic hydroxyl groups is 1. The van der Waals surface area contributed by atoms with Gasteiger partial charge in [0.15, 0.2) is 0 Å². The highest BCUT2D eigenvalue weighted by molar-refractivity contribution is 5.83. The Morgan fingerprint density at radius 2 is 2.33 bits per heavy atom. The van der Waals surface area contributed by atoms with E-state index in [9.17, 15) is 9.18 Å². The predicted octanol–water partition coefficient (Wildman–Crippen LogP) is 1.04. The van der Waals surface area contributed by atoms with E-state index in [-0.39, 0.29) is 24.9 Å². The fraction of sp³-hybridized carbons (Fsp3) is 0.364. The Kier molecular flexibility index (Phi) is 4.24. The van der Waals surface area contributed by atoms with Gasteiger partial charge in [0.1, 0.15) is 5.82 Å². The predicted molar refractivity (Wildman–Crippen MR) is 54.9 cm³/mol. The maximum atomic E-state index is 12.9. The van der Waals surface area contributed by atoms with Crippen LogP contribution >= 0.6 is 0 Å². The third-order valence-corrected chi connectivity index (χ3v) is 2.15. The van der Waals surface area contributed by atoms with E-state index in [4.69, 9.17) is 5.11 Å². The number of hydrogen-bond acceptors (Lipinski definition) is 2. The molecular weight excluding hydrogens is 197 g/mol. The number of aliphatic hydroxyl groups excluding tert-OH is 1. The number of halogens is 1. The van der Waals surface area contributed by atoms with Crippen LogP contribution in [0.15, 0.2) is 24.3 Å². The lowest BCUT2D eigenvalue weighted by molar-refractivity contribution is -0.122. The molecule has 1 rings (SSSR count). The summed E-state index contributed by atoms with van der Waals surface area (Å²) >= 11 is 0. The second-order valence-electron chi connectivity index (χ2n) is 3.29. The smallest absolute Gasteiger partial charge is 0.227 e. The normalized spacial score (nSPS) is 12.2. The van der Waals surface area contributed by atoms with Gasteiger partial charge in [-0.25, -0.2) is 4.39 Å². The highest BCUT2D eigenvalue weighted by Crippen LogP contribution is 2.15. The zero-order valence-corrected chi connectivity index (χ0v) is 8.53. The lowest BCUT2D eigenvalue weighted by Crippen LogP contribution is -2.30. The van der Waals surface area contributed by atoms with E-state index in [0.29, 0.717) is 5.56 Å². The standard InChI is InChI=1S/C11H14FNO2/c1-8(11(15)13-5-6-14)9-3-2-4-10(12)7-9/h2-4,7-8,14H,5-6H2,1H3,(H,13,15). The van der Waals surface area contributed by atoms with Crippen LogP contribution in [0.25, 0.3) is 0 Å². The summed E-state index contributed by atoms with van der Waals surface area (Å²) in [6, 6.07) is 5.94. The van der Waals surface area contributed by atoms with Crippen molar-refractivity contribution in [3.8, 4) is 0 Å². The molecule has 3 nitrogen and oxygen atoms in total. The highest BCUT2D eigenvalue weighted by atomic mass is 19.1. The average molecular weight is 211 g/mol. The fourth-order valence-corrected chi connectivity index (χ4v) is 1.26. The van der Waals surface area contributed by atoms with Crippen LogP contribution in [0, 0.1) is 5.82 Å². The highest BCUT2D eigenvalue weighted by Gasteiger charge is 2.14. The SMILES string of the molecule is CC(C(=O)NCCO)c1cccc(F)c1. The van der Waals surface area contributed by atoms with Crippen LogP contribution in [0.4, 0.5) is 4.39 Å². The minimum absolute atomic E-state index is 0.0956. The molecule has 0 aliphatic heterocycles. The molecule has 0 fully saturated rings. The van der Waals surface area contributed by atoms with Crippen LogP contribution in [0.2, 0.25) is 0 Å². The molecule has 0 bridgehead atoms. The molecular formula is C11H14FNO2. The summed E-state index contributed by atoms with van der Waals surface area (Å²) in [6.07, 6.45) is 0. The molecule has 1 aromatic rings. The quantitative estimate of drug-likeness (QED) is 0.781. The molecule has 1 aromatic carbocycles. The molecule has 0 radical (unpaired) electrons. The van der Waals surface area contributed by atoms with Crippen LogP contribution in [-0.2, 0) is 4.79 Å². The van der Waals surface area contributed by atoms with Crippen LogP contribution < -0.4 is 5.32 Å². The van der Waals surface area contributed by atoms with E-state index >= 15 is 0 Å². The van der Waals surface area contributed by atoms with Gasteiger partial charge in [0.25, 0.3) is 0 Å². The average Bonchev–Trinajstić information content (AvgIpc) is 2.24. The van der Waals surface area contributed by atoms with Gasteiger partial charge in [-0.05, 0) is 24.6 Å². The molecule has 0 aromatic heterocycles. The first-order valence-corrected chi connectivity index (χ1v) is 4.79. The number of carbonyl (C=O) groups excluding carboxylic acids is 1. The number of carbonyl (C=O) groups is 1. The second kappa shape index (κ2) is 5.46. The summed E-state index contributed by atoms with van der Waals surface area (Å²) in [5, 5.41) is 11.1. The molecule has 1 unspecified atom stereocenters. The number of nitrogens with one attached hydrogen (secondary N) is 1. The van der Waals surface area contributed by atoms with Crippen molar-refractivity contribution in [1.29, 1.82) is 0 Å². The molecule has 1 atom stereocenters. The van der Waals surface area contributed by atoms with Crippen molar-refractivity contribution >= 4 is 5.91 Å². The van der Waals surface area contributed by atoms with Crippen molar-refractivity contribution in [2.75, 3.05) is 13.2 Å². The third-order valence-electron chi connectivity index (χ3n) is 2.15. The largest absolute Gasteiger partial charge is 0.395 e. The van der Waals surface area contributed by atoms with Gasteiger partial charge in [-0.15, -0.1) is 0 Å². The third kappa shape index (κ3) is 3.32. The first-order chi connectivity index (χ1) is 7.15. The van der Waals surface area contributed by atoms with Gasteiger partial charge < -0.3 is 10.4 Å². The van der Waals surface area contributed by atoms with Gasteiger partial charge in [0.2, 0.25) is 5.91 Å². The molecule has 0 heterocycles. The Labute approximate surface area is 87.9 Å². The molecule has 0 saturated heterocycles. The monoisotopic (exact) mass is 211 g/mol. The van der Waals surface area contributed by atoms with Gasteiger partial charge in [-0.2, -0.15) is 0 Å². The first-order valence-electron chi connectivity index (χ1n) is 4.79. The summed E-state index contributed by atoms with van der Waals surface area (Å²) in [4.78, 5) is 11.5. The summed E-state index contributed by atoms with van der Waals surface area (Å²) in [5.74, 6) is -0.976. The van der Waals surface area contributed by atoms with Crippen molar-refractivity contribution < 1.29 is 14.3 Å². The van der Waals surface area contributed by atoms with Crippen molar-refractivity contribution in [3.05, 3.63) is 35.6 Å². The molecule has 82 valence electrons. The molecule has 0 aliphatic rings. The number of hydrogen-bond donors (Lipinski definition) is 2. The van der Waals surface area contributed by atoms with Crippen LogP contribution in [-0.4, -0.2) is 24.2 Å².